The summed E-state index contributed by atoms with van der Waals surface area (Å²) < 4.78 is 50.8. The summed E-state index contributed by atoms with van der Waals surface area (Å²) in [7, 11) is 4.12. The van der Waals surface area contributed by atoms with Crippen molar-refractivity contribution in [1.29, 1.82) is 0 Å². The molecule has 0 radical (unpaired) electrons. The number of amides is 1. The minimum atomic E-state index is -4.54. The summed E-state index contributed by atoms with van der Waals surface area (Å²) in [5.74, 6) is -0.556. The molecule has 2 aromatic carbocycles. The summed E-state index contributed by atoms with van der Waals surface area (Å²) in [6.07, 6.45) is -2.08. The van der Waals surface area contributed by atoms with Gasteiger partial charge in [0.1, 0.15) is 11.3 Å². The highest BCUT2D eigenvalue weighted by Crippen LogP contribution is 2.36. The maximum absolute atomic E-state index is 13.4. The Labute approximate surface area is 236 Å². The Balaban J connectivity index is 1.47. The van der Waals surface area contributed by atoms with E-state index >= 15 is 0 Å². The third-order valence-electron chi connectivity index (χ3n) is 6.70. The molecule has 0 saturated carbocycles. The fourth-order valence-electron chi connectivity index (χ4n) is 4.52. The van der Waals surface area contributed by atoms with Crippen LogP contribution in [-0.4, -0.2) is 73.1 Å². The molecule has 1 fully saturated rings. The summed E-state index contributed by atoms with van der Waals surface area (Å²) in [5.41, 5.74) is 0.248. The normalized spacial score (nSPS) is 16.7. The molecule has 0 bridgehead atoms. The van der Waals surface area contributed by atoms with Crippen molar-refractivity contribution < 1.29 is 27.4 Å². The maximum Gasteiger partial charge on any atom is 0.416 e. The number of aromatic nitrogens is 1. The van der Waals surface area contributed by atoms with E-state index in [1.807, 2.05) is 30.3 Å². The van der Waals surface area contributed by atoms with E-state index in [2.05, 4.69) is 34.2 Å². The molecule has 0 unspecified atom stereocenters. The number of carbonyl (C=O) groups is 1. The molecule has 1 aromatic heterocycles. The summed E-state index contributed by atoms with van der Waals surface area (Å²) >= 11 is 6.06. The molecule has 0 aliphatic carbocycles. The van der Waals surface area contributed by atoms with Crippen molar-refractivity contribution in [3.8, 4) is 11.6 Å². The zero-order valence-corrected chi connectivity index (χ0v) is 23.1. The number of ether oxygens (including phenoxy) is 2. The molecule has 4 rings (SSSR count). The van der Waals surface area contributed by atoms with Gasteiger partial charge in [0, 0.05) is 25.3 Å². The van der Waals surface area contributed by atoms with E-state index in [-0.39, 0.29) is 34.9 Å². The number of likely N-dealkylation sites (N-methyl/N-ethyl adjacent to an activating group) is 1. The predicted octanol–water partition coefficient (Wildman–Crippen LogP) is 5.50. The lowest BCUT2D eigenvalue weighted by molar-refractivity contribution is -0.137. The van der Waals surface area contributed by atoms with Gasteiger partial charge < -0.3 is 19.7 Å². The zero-order valence-electron chi connectivity index (χ0n) is 22.3. The van der Waals surface area contributed by atoms with Crippen molar-refractivity contribution in [3.63, 3.8) is 0 Å². The van der Waals surface area contributed by atoms with Crippen LogP contribution in [0.4, 0.5) is 13.2 Å². The van der Waals surface area contributed by atoms with Crippen molar-refractivity contribution in [1.82, 2.24) is 20.1 Å². The van der Waals surface area contributed by atoms with E-state index in [1.165, 1.54) is 12.3 Å². The molecule has 1 saturated heterocycles. The molecule has 214 valence electrons. The molecular weight excluding hydrogens is 545 g/mol. The molecule has 11 heteroatoms. The molecule has 1 N–H and O–H groups in total. The van der Waals surface area contributed by atoms with Crippen LogP contribution < -0.4 is 10.1 Å². The topological polar surface area (TPSA) is 66.9 Å². The van der Waals surface area contributed by atoms with E-state index in [4.69, 9.17) is 21.1 Å². The lowest BCUT2D eigenvalue weighted by atomic mass is 10.2. The first kappa shape index (κ1) is 29.8. The molecule has 2 heterocycles. The number of rotatable bonds is 11. The standard InChI is InChI=1S/C29H32ClF3N4O3/c1-36(2)23-12-14-37(17-23)16-22(19-39-18-20-7-4-3-5-8-20)35-27(38)24-9-6-13-34-28(24)40-26-11-10-21(15-25(26)30)29(31,32)33/h3-11,13,15,22-23H,12,14,16-19H2,1-2H3,(H,35,38)/t22-,23+/m0/s1. The second kappa shape index (κ2) is 13.5. The van der Waals surface area contributed by atoms with Gasteiger partial charge in [-0.15, -0.1) is 0 Å². The van der Waals surface area contributed by atoms with E-state index < -0.39 is 17.6 Å². The van der Waals surface area contributed by atoms with Crippen LogP contribution >= 0.6 is 11.6 Å². The average molecular weight is 577 g/mol. The number of nitrogens with one attached hydrogen (secondary N) is 1. The first-order valence-corrected chi connectivity index (χ1v) is 13.3. The van der Waals surface area contributed by atoms with Gasteiger partial charge in [-0.2, -0.15) is 13.2 Å². The average Bonchev–Trinajstić information content (AvgIpc) is 3.39. The molecular formula is C29H32ClF3N4O3. The van der Waals surface area contributed by atoms with Crippen molar-refractivity contribution in [2.45, 2.75) is 31.3 Å². The van der Waals surface area contributed by atoms with E-state index in [0.29, 0.717) is 19.2 Å². The first-order chi connectivity index (χ1) is 19.1. The predicted molar refractivity (Wildman–Crippen MR) is 147 cm³/mol. The number of carbonyl (C=O) groups excluding carboxylic acids is 1. The van der Waals surface area contributed by atoms with Gasteiger partial charge in [0.15, 0.2) is 0 Å². The molecule has 1 amide bonds. The van der Waals surface area contributed by atoms with Gasteiger partial charge in [-0.25, -0.2) is 4.98 Å². The lowest BCUT2D eigenvalue weighted by Gasteiger charge is -2.26. The number of hydrogen-bond acceptors (Lipinski definition) is 6. The van der Waals surface area contributed by atoms with Crippen molar-refractivity contribution in [2.75, 3.05) is 40.3 Å². The fourth-order valence-corrected chi connectivity index (χ4v) is 4.74. The molecule has 7 nitrogen and oxygen atoms in total. The quantitative estimate of drug-likeness (QED) is 0.325. The van der Waals surface area contributed by atoms with Gasteiger partial charge >= 0.3 is 6.18 Å². The van der Waals surface area contributed by atoms with Gasteiger partial charge in [-0.05, 0) is 63.0 Å². The summed E-state index contributed by atoms with van der Waals surface area (Å²) in [4.78, 5) is 22.1. The van der Waals surface area contributed by atoms with Gasteiger partial charge in [0.05, 0.1) is 29.8 Å². The number of hydrogen-bond donors (Lipinski definition) is 1. The van der Waals surface area contributed by atoms with E-state index in [9.17, 15) is 18.0 Å². The van der Waals surface area contributed by atoms with E-state index in [1.54, 1.807) is 6.07 Å². The molecule has 3 aromatic rings. The second-order valence-electron chi connectivity index (χ2n) is 9.94. The number of alkyl halides is 3. The largest absolute Gasteiger partial charge is 0.437 e. The maximum atomic E-state index is 13.4. The van der Waals surface area contributed by atoms with Crippen molar-refractivity contribution in [2.24, 2.45) is 0 Å². The van der Waals surface area contributed by atoms with Crippen LogP contribution in [0, 0.1) is 0 Å². The van der Waals surface area contributed by atoms with Crippen LogP contribution in [0.2, 0.25) is 5.02 Å². The van der Waals surface area contributed by atoms with Crippen molar-refractivity contribution >= 4 is 17.5 Å². The highest BCUT2D eigenvalue weighted by atomic mass is 35.5. The molecule has 2 atom stereocenters. The van der Waals surface area contributed by atoms with Gasteiger partial charge in [0.25, 0.3) is 5.91 Å². The number of nitrogens with zero attached hydrogens (tertiary/aromatic N) is 3. The smallest absolute Gasteiger partial charge is 0.416 e. The Hall–Kier alpha value is -3.18. The Morgan fingerprint density at radius 1 is 1.18 bits per heavy atom. The van der Waals surface area contributed by atoms with Crippen molar-refractivity contribution in [3.05, 3.63) is 88.6 Å². The molecule has 40 heavy (non-hydrogen) atoms. The van der Waals surface area contributed by atoms with Crippen LogP contribution in [-0.2, 0) is 17.5 Å². The van der Waals surface area contributed by atoms with E-state index in [0.717, 1.165) is 43.3 Å². The van der Waals surface area contributed by atoms with Crippen LogP contribution in [0.3, 0.4) is 0 Å². The minimum absolute atomic E-state index is 0.0445. The molecule has 1 aliphatic heterocycles. The third-order valence-corrected chi connectivity index (χ3v) is 7.00. The number of likely N-dealkylation sites (tertiary alicyclic amines) is 1. The molecule has 0 spiro atoms. The number of benzene rings is 2. The zero-order chi connectivity index (χ0) is 28.7. The van der Waals surface area contributed by atoms with Crippen LogP contribution in [0.15, 0.2) is 66.9 Å². The van der Waals surface area contributed by atoms with Gasteiger partial charge in [-0.3, -0.25) is 9.69 Å². The Kier molecular flexibility index (Phi) is 10.0. The first-order valence-electron chi connectivity index (χ1n) is 12.9. The lowest BCUT2D eigenvalue weighted by Crippen LogP contribution is -2.46. The monoisotopic (exact) mass is 576 g/mol. The Morgan fingerprint density at radius 2 is 1.95 bits per heavy atom. The Morgan fingerprint density at radius 3 is 2.62 bits per heavy atom. The molecule has 1 aliphatic rings. The van der Waals surface area contributed by atoms with Crippen LogP contribution in [0.25, 0.3) is 0 Å². The highest BCUT2D eigenvalue weighted by molar-refractivity contribution is 6.32. The minimum Gasteiger partial charge on any atom is -0.437 e. The number of pyridine rings is 1. The summed E-state index contributed by atoms with van der Waals surface area (Å²) in [5, 5.41) is 2.79. The third kappa shape index (κ3) is 8.17. The highest BCUT2D eigenvalue weighted by Gasteiger charge is 2.31. The fraction of sp³-hybridized carbons (Fsp3) is 0.379. The summed E-state index contributed by atoms with van der Waals surface area (Å²) in [6.45, 7) is 3.06. The van der Waals surface area contributed by atoms with Crippen LogP contribution in [0.5, 0.6) is 11.6 Å². The van der Waals surface area contributed by atoms with Crippen LogP contribution in [0.1, 0.15) is 27.9 Å². The van der Waals surface area contributed by atoms with Gasteiger partial charge in [-0.1, -0.05) is 41.9 Å². The second-order valence-corrected chi connectivity index (χ2v) is 10.3. The van der Waals surface area contributed by atoms with Gasteiger partial charge in [0.2, 0.25) is 5.88 Å². The SMILES string of the molecule is CN(C)[C@@H]1CCN(C[C@@H](COCc2ccccc2)NC(=O)c2cccnc2Oc2ccc(C(F)(F)F)cc2Cl)C1. The summed E-state index contributed by atoms with van der Waals surface area (Å²) in [6, 6.07) is 15.7. The Bertz CT molecular complexity index is 1280. The number of halogens is 4.